The minimum Gasteiger partial charge on any atom is -0.493 e. The second kappa shape index (κ2) is 7.53. The van der Waals surface area contributed by atoms with E-state index < -0.39 is 28.9 Å². The third-order valence-corrected chi connectivity index (χ3v) is 2.61. The smallest absolute Gasteiger partial charge is 0.387 e. The highest BCUT2D eigenvalue weighted by Crippen LogP contribution is 2.35. The first-order valence-electron chi connectivity index (χ1n) is 6.35. The lowest BCUT2D eigenvalue weighted by molar-refractivity contribution is -0.385. The molecule has 1 aromatic rings. The maximum absolute atomic E-state index is 12.3. The van der Waals surface area contributed by atoms with Crippen LogP contribution in [0.15, 0.2) is 12.1 Å². The van der Waals surface area contributed by atoms with E-state index in [4.69, 9.17) is 4.74 Å². The maximum atomic E-state index is 12.3. The van der Waals surface area contributed by atoms with E-state index in [0.29, 0.717) is 6.54 Å². The molecule has 9 heteroatoms. The number of nitro groups is 1. The molecule has 0 radical (unpaired) electrons. The van der Waals surface area contributed by atoms with Crippen molar-refractivity contribution in [2.75, 3.05) is 13.7 Å². The summed E-state index contributed by atoms with van der Waals surface area (Å²) in [5.74, 6) is -1.25. The summed E-state index contributed by atoms with van der Waals surface area (Å²) in [7, 11) is 1.18. The van der Waals surface area contributed by atoms with Crippen molar-refractivity contribution in [2.24, 2.45) is 5.92 Å². The van der Waals surface area contributed by atoms with Crippen molar-refractivity contribution in [2.45, 2.75) is 20.5 Å². The van der Waals surface area contributed by atoms with Gasteiger partial charge in [0.05, 0.1) is 18.1 Å². The minimum atomic E-state index is -3.17. The van der Waals surface area contributed by atoms with Crippen LogP contribution in [0.4, 0.5) is 14.5 Å². The first kappa shape index (κ1) is 17.6. The third kappa shape index (κ3) is 4.54. The van der Waals surface area contributed by atoms with Crippen molar-refractivity contribution in [3.8, 4) is 11.5 Å². The van der Waals surface area contributed by atoms with Gasteiger partial charge in [-0.1, -0.05) is 13.8 Å². The Hall–Kier alpha value is -2.45. The van der Waals surface area contributed by atoms with E-state index in [-0.39, 0.29) is 17.2 Å². The van der Waals surface area contributed by atoms with Gasteiger partial charge in [-0.3, -0.25) is 14.9 Å². The number of nitrogens with zero attached hydrogens (tertiary/aromatic N) is 1. The van der Waals surface area contributed by atoms with Gasteiger partial charge in [-0.25, -0.2) is 0 Å². The van der Waals surface area contributed by atoms with Crippen molar-refractivity contribution in [1.82, 2.24) is 5.32 Å². The number of amides is 1. The van der Waals surface area contributed by atoms with Gasteiger partial charge in [-0.2, -0.15) is 8.78 Å². The molecule has 0 heterocycles. The van der Waals surface area contributed by atoms with Gasteiger partial charge in [-0.05, 0) is 5.92 Å². The second-order valence-corrected chi connectivity index (χ2v) is 4.76. The topological polar surface area (TPSA) is 90.7 Å². The minimum absolute atomic E-state index is 0.145. The Bertz CT molecular complexity index is 564. The predicted octanol–water partition coefficient (Wildman–Crippen LogP) is 2.59. The lowest BCUT2D eigenvalue weighted by Crippen LogP contribution is -2.28. The highest BCUT2D eigenvalue weighted by atomic mass is 19.3. The molecular weight excluding hydrogens is 302 g/mol. The molecule has 0 bridgehead atoms. The fraction of sp³-hybridized carbons (Fsp3) is 0.462. The molecule has 0 aliphatic rings. The molecule has 0 saturated heterocycles. The number of hydrogen-bond donors (Lipinski definition) is 1. The molecule has 0 aliphatic carbocycles. The Kier molecular flexibility index (Phi) is 6.02. The number of benzene rings is 1. The van der Waals surface area contributed by atoms with Crippen molar-refractivity contribution < 1.29 is 28.0 Å². The molecule has 0 aromatic heterocycles. The first-order chi connectivity index (χ1) is 10.3. The second-order valence-electron chi connectivity index (χ2n) is 4.76. The molecule has 0 spiro atoms. The lowest BCUT2D eigenvalue weighted by atomic mass is 10.1. The first-order valence-corrected chi connectivity index (χ1v) is 6.35. The van der Waals surface area contributed by atoms with Crippen LogP contribution in [0.5, 0.6) is 11.5 Å². The van der Waals surface area contributed by atoms with Crippen LogP contribution in [-0.4, -0.2) is 31.1 Å². The van der Waals surface area contributed by atoms with E-state index in [1.807, 2.05) is 13.8 Å². The summed E-state index contributed by atoms with van der Waals surface area (Å²) in [5.41, 5.74) is -0.929. The molecular formula is C13H16F2N2O5. The number of carbonyl (C=O) groups is 1. The quantitative estimate of drug-likeness (QED) is 0.616. The van der Waals surface area contributed by atoms with Crippen LogP contribution in [0.1, 0.15) is 24.2 Å². The van der Waals surface area contributed by atoms with Crippen LogP contribution in [0.3, 0.4) is 0 Å². The largest absolute Gasteiger partial charge is 0.493 e. The van der Waals surface area contributed by atoms with E-state index in [0.717, 1.165) is 12.1 Å². The van der Waals surface area contributed by atoms with Crippen molar-refractivity contribution in [3.63, 3.8) is 0 Å². The van der Waals surface area contributed by atoms with Crippen LogP contribution in [0.25, 0.3) is 0 Å². The Balaban J connectivity index is 3.25. The molecule has 1 rings (SSSR count). The van der Waals surface area contributed by atoms with E-state index in [1.54, 1.807) is 0 Å². The average Bonchev–Trinajstić information content (AvgIpc) is 2.43. The Labute approximate surface area is 125 Å². The van der Waals surface area contributed by atoms with E-state index in [2.05, 4.69) is 10.1 Å². The standard InChI is InChI=1S/C13H16F2N2O5/c1-7(2)6-16-12(18)8-4-10(21-3)11(22-13(14)15)5-9(8)17(19)20/h4-5,7,13H,6H2,1-3H3,(H,16,18). The number of rotatable bonds is 7. The maximum Gasteiger partial charge on any atom is 0.387 e. The number of nitro benzene ring substituents is 1. The average molecular weight is 318 g/mol. The molecule has 7 nitrogen and oxygen atoms in total. The van der Waals surface area contributed by atoms with E-state index in [1.165, 1.54) is 7.11 Å². The highest BCUT2D eigenvalue weighted by Gasteiger charge is 2.25. The van der Waals surface area contributed by atoms with E-state index in [9.17, 15) is 23.7 Å². The predicted molar refractivity (Wildman–Crippen MR) is 73.5 cm³/mol. The summed E-state index contributed by atoms with van der Waals surface area (Å²) in [6, 6.07) is 1.75. The van der Waals surface area contributed by atoms with Crippen LogP contribution in [-0.2, 0) is 0 Å². The molecule has 0 saturated carbocycles. The molecule has 22 heavy (non-hydrogen) atoms. The third-order valence-electron chi connectivity index (χ3n) is 2.61. The van der Waals surface area contributed by atoms with Gasteiger partial charge < -0.3 is 14.8 Å². The highest BCUT2D eigenvalue weighted by molar-refractivity contribution is 5.99. The monoisotopic (exact) mass is 318 g/mol. The van der Waals surface area contributed by atoms with Crippen LogP contribution >= 0.6 is 0 Å². The summed E-state index contributed by atoms with van der Waals surface area (Å²) >= 11 is 0. The Morgan fingerprint density at radius 3 is 2.45 bits per heavy atom. The molecule has 0 aliphatic heterocycles. The van der Waals surface area contributed by atoms with Gasteiger partial charge in [0.1, 0.15) is 5.56 Å². The summed E-state index contributed by atoms with van der Waals surface area (Å²) in [6.45, 7) is 0.853. The van der Waals surface area contributed by atoms with Crippen LogP contribution in [0.2, 0.25) is 0 Å². The van der Waals surface area contributed by atoms with Gasteiger partial charge in [0.2, 0.25) is 0 Å². The molecule has 0 unspecified atom stereocenters. The number of hydrogen-bond acceptors (Lipinski definition) is 5. The van der Waals surface area contributed by atoms with Crippen LogP contribution < -0.4 is 14.8 Å². The number of halogens is 2. The van der Waals surface area contributed by atoms with Gasteiger partial charge >= 0.3 is 6.61 Å². The summed E-state index contributed by atoms with van der Waals surface area (Å²) in [6.07, 6.45) is 0. The number of methoxy groups -OCH3 is 1. The molecule has 0 atom stereocenters. The fourth-order valence-corrected chi connectivity index (χ4v) is 1.62. The summed E-state index contributed by atoms with van der Waals surface area (Å²) < 4.78 is 33.6. The fourth-order valence-electron chi connectivity index (χ4n) is 1.62. The normalized spacial score (nSPS) is 10.7. The van der Waals surface area contributed by atoms with Crippen LogP contribution in [0, 0.1) is 16.0 Å². The number of nitrogens with one attached hydrogen (secondary N) is 1. The van der Waals surface area contributed by atoms with E-state index >= 15 is 0 Å². The van der Waals surface area contributed by atoms with Gasteiger partial charge in [-0.15, -0.1) is 0 Å². The van der Waals surface area contributed by atoms with Crippen molar-refractivity contribution in [1.29, 1.82) is 0 Å². The number of carbonyl (C=O) groups excluding carboxylic acids is 1. The van der Waals surface area contributed by atoms with Crippen molar-refractivity contribution in [3.05, 3.63) is 27.8 Å². The Morgan fingerprint density at radius 2 is 2.00 bits per heavy atom. The zero-order chi connectivity index (χ0) is 16.9. The van der Waals surface area contributed by atoms with Gasteiger partial charge in [0.25, 0.3) is 11.6 Å². The zero-order valence-electron chi connectivity index (χ0n) is 12.3. The lowest BCUT2D eigenvalue weighted by Gasteiger charge is -2.13. The molecule has 122 valence electrons. The Morgan fingerprint density at radius 1 is 1.36 bits per heavy atom. The molecule has 1 aromatic carbocycles. The molecule has 0 fully saturated rings. The van der Waals surface area contributed by atoms with Gasteiger partial charge in [0.15, 0.2) is 11.5 Å². The van der Waals surface area contributed by atoms with Gasteiger partial charge in [0, 0.05) is 12.6 Å². The van der Waals surface area contributed by atoms with Crippen molar-refractivity contribution >= 4 is 11.6 Å². The number of ether oxygens (including phenoxy) is 2. The summed E-state index contributed by atoms with van der Waals surface area (Å²) in [4.78, 5) is 22.2. The number of alkyl halides is 2. The SMILES string of the molecule is COc1cc(C(=O)NCC(C)C)c([N+](=O)[O-])cc1OC(F)F. The molecule has 1 N–H and O–H groups in total. The summed E-state index contributed by atoms with van der Waals surface area (Å²) in [5, 5.41) is 13.6. The zero-order valence-corrected chi connectivity index (χ0v) is 12.3. The molecule has 1 amide bonds.